The zero-order valence-electron chi connectivity index (χ0n) is 10.8. The van der Waals surface area contributed by atoms with Crippen molar-refractivity contribution in [1.29, 1.82) is 0 Å². The van der Waals surface area contributed by atoms with Crippen LogP contribution in [0.1, 0.15) is 25.7 Å². The van der Waals surface area contributed by atoms with Gasteiger partial charge in [-0.15, -0.1) is 0 Å². The molecule has 1 aliphatic heterocycles. The van der Waals surface area contributed by atoms with Crippen LogP contribution in [-0.4, -0.2) is 24.5 Å². The van der Waals surface area contributed by atoms with E-state index < -0.39 is 17.5 Å². The Bertz CT molecular complexity index is 545. The van der Waals surface area contributed by atoms with Crippen molar-refractivity contribution < 1.29 is 18.0 Å². The maximum atomic E-state index is 13.8. The molecule has 0 bridgehead atoms. The van der Waals surface area contributed by atoms with E-state index in [1.165, 1.54) is 0 Å². The molecule has 6 heteroatoms. The van der Waals surface area contributed by atoms with Gasteiger partial charge in [-0.2, -0.15) is 0 Å². The summed E-state index contributed by atoms with van der Waals surface area (Å²) in [5.74, 6) is -3.65. The van der Waals surface area contributed by atoms with Gasteiger partial charge in [0.15, 0.2) is 11.6 Å². The summed E-state index contributed by atoms with van der Waals surface area (Å²) in [6.07, 6.45) is 3.42. The van der Waals surface area contributed by atoms with Gasteiger partial charge in [0.05, 0.1) is 11.7 Å². The lowest BCUT2D eigenvalue weighted by molar-refractivity contribution is -0.121. The largest absolute Gasteiger partial charge is 0.308 e. The molecule has 1 saturated heterocycles. The molecule has 1 unspecified atom stereocenters. The Morgan fingerprint density at radius 2 is 1.90 bits per heavy atom. The number of nitrogens with zero attached hydrogens (tertiary/aromatic N) is 1. The average molecular weight is 284 g/mol. The maximum absolute atomic E-state index is 13.8. The number of halogens is 3. The molecule has 1 saturated carbocycles. The molecule has 20 heavy (non-hydrogen) atoms. The highest BCUT2D eigenvalue weighted by atomic mass is 19.2. The van der Waals surface area contributed by atoms with Crippen LogP contribution in [0.2, 0.25) is 0 Å². The fourth-order valence-corrected chi connectivity index (χ4v) is 2.54. The molecule has 1 heterocycles. The van der Waals surface area contributed by atoms with E-state index in [1.54, 1.807) is 0 Å². The molecule has 0 aromatic heterocycles. The molecular weight excluding hydrogens is 269 g/mol. The molecule has 3 rings (SSSR count). The van der Waals surface area contributed by atoms with Gasteiger partial charge in [-0.1, -0.05) is 0 Å². The van der Waals surface area contributed by atoms with Crippen molar-refractivity contribution in [2.45, 2.75) is 37.8 Å². The smallest absolute Gasteiger partial charge is 0.244 e. The molecule has 3 nitrogen and oxygen atoms in total. The summed E-state index contributed by atoms with van der Waals surface area (Å²) < 4.78 is 40.3. The lowest BCUT2D eigenvalue weighted by Gasteiger charge is -2.33. The first-order chi connectivity index (χ1) is 9.56. The van der Waals surface area contributed by atoms with Crippen LogP contribution in [0.15, 0.2) is 12.1 Å². The van der Waals surface area contributed by atoms with E-state index in [0.717, 1.165) is 23.8 Å². The van der Waals surface area contributed by atoms with E-state index in [2.05, 4.69) is 5.32 Å². The minimum Gasteiger partial charge on any atom is -0.308 e. The highest BCUT2D eigenvalue weighted by Crippen LogP contribution is 2.28. The minimum absolute atomic E-state index is 0.279. The standard InChI is InChI=1S/C14H15F3N2O/c15-8-6-10(16)13(17)12(7-8)19-5-1-2-11(14(19)20)18-9-3-4-9/h6-7,9,11,18H,1-5H2. The Morgan fingerprint density at radius 1 is 1.15 bits per heavy atom. The zero-order chi connectivity index (χ0) is 14.3. The minimum atomic E-state index is -1.27. The van der Waals surface area contributed by atoms with E-state index in [1.807, 2.05) is 0 Å². The lowest BCUT2D eigenvalue weighted by atomic mass is 10.0. The van der Waals surface area contributed by atoms with Crippen LogP contribution in [-0.2, 0) is 4.79 Å². The third kappa shape index (κ3) is 2.52. The SMILES string of the molecule is O=C1C(NC2CC2)CCCN1c1cc(F)cc(F)c1F. The number of hydrogen-bond acceptors (Lipinski definition) is 2. The van der Waals surface area contributed by atoms with Crippen LogP contribution < -0.4 is 10.2 Å². The van der Waals surface area contributed by atoms with Gasteiger partial charge in [-0.05, 0) is 25.7 Å². The number of amides is 1. The third-order valence-electron chi connectivity index (χ3n) is 3.72. The van der Waals surface area contributed by atoms with Crippen LogP contribution in [0.25, 0.3) is 0 Å². The quantitative estimate of drug-likeness (QED) is 0.864. The molecule has 1 N–H and O–H groups in total. The zero-order valence-corrected chi connectivity index (χ0v) is 10.8. The number of carbonyl (C=O) groups excluding carboxylic acids is 1. The van der Waals surface area contributed by atoms with Crippen molar-refractivity contribution in [2.75, 3.05) is 11.4 Å². The topological polar surface area (TPSA) is 32.3 Å². The lowest BCUT2D eigenvalue weighted by Crippen LogP contribution is -2.51. The number of piperidine rings is 1. The summed E-state index contributed by atoms with van der Waals surface area (Å²) in [6, 6.07) is 1.31. The van der Waals surface area contributed by atoms with E-state index in [0.29, 0.717) is 24.9 Å². The molecule has 0 spiro atoms. The Hall–Kier alpha value is -1.56. The summed E-state index contributed by atoms with van der Waals surface area (Å²) in [6.45, 7) is 0.279. The van der Waals surface area contributed by atoms with Crippen molar-refractivity contribution in [1.82, 2.24) is 5.32 Å². The molecule has 1 atom stereocenters. The molecule has 108 valence electrons. The molecule has 1 amide bonds. The average Bonchev–Trinajstić information content (AvgIpc) is 3.21. The van der Waals surface area contributed by atoms with Crippen LogP contribution in [0.5, 0.6) is 0 Å². The highest BCUT2D eigenvalue weighted by Gasteiger charge is 2.35. The number of rotatable bonds is 3. The van der Waals surface area contributed by atoms with Crippen molar-refractivity contribution in [2.24, 2.45) is 0 Å². The van der Waals surface area contributed by atoms with Gasteiger partial charge in [0.2, 0.25) is 5.91 Å². The second kappa shape index (κ2) is 5.09. The van der Waals surface area contributed by atoms with Gasteiger partial charge in [-0.25, -0.2) is 13.2 Å². The Morgan fingerprint density at radius 3 is 2.60 bits per heavy atom. The number of anilines is 1. The van der Waals surface area contributed by atoms with Gasteiger partial charge in [0, 0.05) is 24.7 Å². The van der Waals surface area contributed by atoms with Crippen LogP contribution >= 0.6 is 0 Å². The first-order valence-electron chi connectivity index (χ1n) is 6.78. The van der Waals surface area contributed by atoms with Gasteiger partial charge < -0.3 is 10.2 Å². The molecule has 2 aliphatic rings. The van der Waals surface area contributed by atoms with E-state index >= 15 is 0 Å². The normalized spacial score (nSPS) is 23.2. The molecule has 1 aromatic carbocycles. The monoisotopic (exact) mass is 284 g/mol. The Balaban J connectivity index is 1.86. The first-order valence-corrected chi connectivity index (χ1v) is 6.78. The van der Waals surface area contributed by atoms with Crippen molar-refractivity contribution in [3.63, 3.8) is 0 Å². The Labute approximate surface area is 114 Å². The predicted molar refractivity (Wildman–Crippen MR) is 67.8 cm³/mol. The van der Waals surface area contributed by atoms with Crippen LogP contribution in [0.3, 0.4) is 0 Å². The van der Waals surface area contributed by atoms with Gasteiger partial charge in [0.25, 0.3) is 0 Å². The molecule has 1 aliphatic carbocycles. The third-order valence-corrected chi connectivity index (χ3v) is 3.72. The van der Waals surface area contributed by atoms with Crippen molar-refractivity contribution >= 4 is 11.6 Å². The molecule has 1 aromatic rings. The second-order valence-electron chi connectivity index (χ2n) is 5.35. The highest BCUT2D eigenvalue weighted by molar-refractivity contribution is 5.98. The van der Waals surface area contributed by atoms with Crippen LogP contribution in [0, 0.1) is 17.5 Å². The summed E-state index contributed by atoms with van der Waals surface area (Å²) >= 11 is 0. The summed E-state index contributed by atoms with van der Waals surface area (Å²) in [7, 11) is 0. The fourth-order valence-electron chi connectivity index (χ4n) is 2.54. The maximum Gasteiger partial charge on any atom is 0.244 e. The Kier molecular flexibility index (Phi) is 3.41. The summed E-state index contributed by atoms with van der Waals surface area (Å²) in [4.78, 5) is 13.5. The van der Waals surface area contributed by atoms with Crippen molar-refractivity contribution in [3.8, 4) is 0 Å². The van der Waals surface area contributed by atoms with Crippen LogP contribution in [0.4, 0.5) is 18.9 Å². The van der Waals surface area contributed by atoms with Gasteiger partial charge >= 0.3 is 0 Å². The van der Waals surface area contributed by atoms with Gasteiger partial charge in [-0.3, -0.25) is 4.79 Å². The number of benzene rings is 1. The number of nitrogens with one attached hydrogen (secondary N) is 1. The fraction of sp³-hybridized carbons (Fsp3) is 0.500. The van der Waals surface area contributed by atoms with E-state index in [4.69, 9.17) is 0 Å². The van der Waals surface area contributed by atoms with E-state index in [9.17, 15) is 18.0 Å². The number of carbonyl (C=O) groups is 1. The molecule has 0 radical (unpaired) electrons. The molecular formula is C14H15F3N2O. The number of hydrogen-bond donors (Lipinski definition) is 1. The predicted octanol–water partition coefficient (Wildman–Crippen LogP) is 2.35. The second-order valence-corrected chi connectivity index (χ2v) is 5.35. The first kappa shape index (κ1) is 13.4. The summed E-state index contributed by atoms with van der Waals surface area (Å²) in [5.41, 5.74) is -0.310. The molecule has 2 fully saturated rings. The van der Waals surface area contributed by atoms with Crippen molar-refractivity contribution in [3.05, 3.63) is 29.6 Å². The van der Waals surface area contributed by atoms with Gasteiger partial charge in [0.1, 0.15) is 5.82 Å². The van der Waals surface area contributed by atoms with E-state index in [-0.39, 0.29) is 24.2 Å². The summed E-state index contributed by atoms with van der Waals surface area (Å²) in [5, 5.41) is 3.19.